The number of hydrogen-bond donors (Lipinski definition) is 2. The summed E-state index contributed by atoms with van der Waals surface area (Å²) in [7, 11) is 0. The van der Waals surface area contributed by atoms with Gasteiger partial charge in [0.05, 0.1) is 0 Å². The van der Waals surface area contributed by atoms with Crippen LogP contribution in [0.4, 0.5) is 0 Å². The molecule has 0 aromatic rings. The van der Waals surface area contributed by atoms with Crippen LogP contribution in [0.2, 0.25) is 0 Å². The fraction of sp³-hybridized carbons (Fsp3) is 1.00. The highest BCUT2D eigenvalue weighted by Gasteiger charge is 2.25. The van der Waals surface area contributed by atoms with Crippen LogP contribution in [0.5, 0.6) is 0 Å². The predicted molar refractivity (Wildman–Crippen MR) is 45.3 cm³/mol. The number of piperazine rings is 1. The van der Waals surface area contributed by atoms with E-state index in [0.29, 0.717) is 0 Å². The van der Waals surface area contributed by atoms with Crippen LogP contribution >= 0.6 is 0 Å². The molecule has 0 aromatic carbocycles. The van der Waals surface area contributed by atoms with Crippen molar-refractivity contribution in [3.63, 3.8) is 0 Å². The molecule has 1 fully saturated rings. The van der Waals surface area contributed by atoms with Crippen molar-refractivity contribution < 1.29 is 5.11 Å². The van der Waals surface area contributed by atoms with Crippen molar-refractivity contribution >= 4 is 0 Å². The summed E-state index contributed by atoms with van der Waals surface area (Å²) in [5, 5.41) is 12.3. The number of aliphatic hydroxyl groups is 1. The van der Waals surface area contributed by atoms with Crippen molar-refractivity contribution in [3.8, 4) is 0 Å². The van der Waals surface area contributed by atoms with E-state index < -0.39 is 0 Å². The van der Waals surface area contributed by atoms with E-state index in [1.807, 2.05) is 0 Å². The first-order chi connectivity index (χ1) is 5.00. The van der Waals surface area contributed by atoms with Gasteiger partial charge in [-0.2, -0.15) is 0 Å². The highest BCUT2D eigenvalue weighted by atomic mass is 16.3. The SMILES string of the molecule is CC(C)(C)N1CCNC(O)C1. The van der Waals surface area contributed by atoms with Gasteiger partial charge >= 0.3 is 0 Å². The van der Waals surface area contributed by atoms with Crippen molar-refractivity contribution in [2.75, 3.05) is 19.6 Å². The van der Waals surface area contributed by atoms with Crippen molar-refractivity contribution in [2.45, 2.75) is 32.5 Å². The Balaban J connectivity index is 2.46. The number of nitrogens with one attached hydrogen (secondary N) is 1. The highest BCUT2D eigenvalue weighted by molar-refractivity contribution is 4.81. The van der Waals surface area contributed by atoms with E-state index in [1.165, 1.54) is 0 Å². The second-order valence-electron chi connectivity index (χ2n) is 4.09. The maximum atomic E-state index is 9.29. The Morgan fingerprint density at radius 3 is 2.45 bits per heavy atom. The molecule has 0 spiro atoms. The van der Waals surface area contributed by atoms with E-state index in [0.717, 1.165) is 19.6 Å². The van der Waals surface area contributed by atoms with E-state index in [2.05, 4.69) is 31.0 Å². The summed E-state index contributed by atoms with van der Waals surface area (Å²) in [5.41, 5.74) is 0.184. The second kappa shape index (κ2) is 3.09. The molecule has 1 aliphatic rings. The Bertz CT molecular complexity index is 131. The van der Waals surface area contributed by atoms with Crippen LogP contribution in [-0.2, 0) is 0 Å². The lowest BCUT2D eigenvalue weighted by Gasteiger charge is -2.40. The third-order valence-corrected chi connectivity index (χ3v) is 2.10. The van der Waals surface area contributed by atoms with Crippen LogP contribution in [0.25, 0.3) is 0 Å². The Kier molecular flexibility index (Phi) is 2.52. The van der Waals surface area contributed by atoms with Crippen LogP contribution in [0, 0.1) is 0 Å². The largest absolute Gasteiger partial charge is 0.377 e. The van der Waals surface area contributed by atoms with E-state index >= 15 is 0 Å². The van der Waals surface area contributed by atoms with Gasteiger partial charge in [0.15, 0.2) is 0 Å². The molecule has 66 valence electrons. The quantitative estimate of drug-likeness (QED) is 0.521. The molecule has 1 heterocycles. The standard InChI is InChI=1S/C8H18N2O/c1-8(2,3)10-5-4-9-7(11)6-10/h7,9,11H,4-6H2,1-3H3. The lowest BCUT2D eigenvalue weighted by Crippen LogP contribution is -2.56. The predicted octanol–water partition coefficient (Wildman–Crippen LogP) is 0.00850. The molecule has 0 bridgehead atoms. The summed E-state index contributed by atoms with van der Waals surface area (Å²) in [6.07, 6.45) is -0.344. The van der Waals surface area contributed by atoms with Crippen LogP contribution < -0.4 is 5.32 Å². The molecule has 0 amide bonds. The summed E-state index contributed by atoms with van der Waals surface area (Å²) in [6.45, 7) is 9.17. The van der Waals surface area contributed by atoms with E-state index in [4.69, 9.17) is 0 Å². The molecule has 1 saturated heterocycles. The minimum absolute atomic E-state index is 0.184. The Morgan fingerprint density at radius 2 is 2.09 bits per heavy atom. The summed E-state index contributed by atoms with van der Waals surface area (Å²) < 4.78 is 0. The van der Waals surface area contributed by atoms with Gasteiger partial charge in [-0.05, 0) is 20.8 Å². The first kappa shape index (κ1) is 8.97. The normalized spacial score (nSPS) is 28.9. The van der Waals surface area contributed by atoms with Crippen molar-refractivity contribution in [1.29, 1.82) is 0 Å². The van der Waals surface area contributed by atoms with Gasteiger partial charge in [-0.3, -0.25) is 10.2 Å². The van der Waals surface area contributed by atoms with Gasteiger partial charge in [0, 0.05) is 25.2 Å². The smallest absolute Gasteiger partial charge is 0.117 e. The Morgan fingerprint density at radius 1 is 1.45 bits per heavy atom. The molecule has 0 radical (unpaired) electrons. The van der Waals surface area contributed by atoms with Gasteiger partial charge in [0.1, 0.15) is 6.23 Å². The fourth-order valence-corrected chi connectivity index (χ4v) is 1.34. The second-order valence-corrected chi connectivity index (χ2v) is 4.09. The molecule has 0 aromatic heterocycles. The monoisotopic (exact) mass is 158 g/mol. The van der Waals surface area contributed by atoms with Gasteiger partial charge in [0.2, 0.25) is 0 Å². The average Bonchev–Trinajstić information content (AvgIpc) is 1.86. The van der Waals surface area contributed by atoms with E-state index in [-0.39, 0.29) is 11.8 Å². The molecule has 1 atom stereocenters. The number of nitrogens with zero attached hydrogens (tertiary/aromatic N) is 1. The maximum Gasteiger partial charge on any atom is 0.117 e. The molecule has 1 unspecified atom stereocenters. The topological polar surface area (TPSA) is 35.5 Å². The first-order valence-electron chi connectivity index (χ1n) is 4.16. The number of aliphatic hydroxyl groups excluding tert-OH is 1. The van der Waals surface area contributed by atoms with Crippen LogP contribution in [0.3, 0.4) is 0 Å². The molecular formula is C8H18N2O. The molecule has 3 heteroatoms. The zero-order valence-corrected chi connectivity index (χ0v) is 7.59. The van der Waals surface area contributed by atoms with Crippen LogP contribution in [-0.4, -0.2) is 41.4 Å². The lowest BCUT2D eigenvalue weighted by atomic mass is 10.1. The minimum Gasteiger partial charge on any atom is -0.377 e. The molecule has 3 nitrogen and oxygen atoms in total. The van der Waals surface area contributed by atoms with Gasteiger partial charge in [-0.15, -0.1) is 0 Å². The van der Waals surface area contributed by atoms with Crippen molar-refractivity contribution in [3.05, 3.63) is 0 Å². The molecule has 11 heavy (non-hydrogen) atoms. The lowest BCUT2D eigenvalue weighted by molar-refractivity contribution is 0.0115. The summed E-state index contributed by atoms with van der Waals surface area (Å²) in [4.78, 5) is 2.29. The fourth-order valence-electron chi connectivity index (χ4n) is 1.34. The third kappa shape index (κ3) is 2.43. The van der Waals surface area contributed by atoms with Gasteiger partial charge in [-0.1, -0.05) is 0 Å². The van der Waals surface area contributed by atoms with Gasteiger partial charge in [-0.25, -0.2) is 0 Å². The molecular weight excluding hydrogens is 140 g/mol. The molecule has 0 saturated carbocycles. The van der Waals surface area contributed by atoms with E-state index in [9.17, 15) is 5.11 Å². The summed E-state index contributed by atoms with van der Waals surface area (Å²) in [6, 6.07) is 0. The number of β-amino-alcohol motifs (C(OH)–C–C–N with tert-alkyl or cyclic N) is 1. The van der Waals surface area contributed by atoms with Crippen molar-refractivity contribution in [1.82, 2.24) is 10.2 Å². The van der Waals surface area contributed by atoms with Crippen LogP contribution in [0.1, 0.15) is 20.8 Å². The number of rotatable bonds is 0. The summed E-state index contributed by atoms with van der Waals surface area (Å²) >= 11 is 0. The maximum absolute atomic E-state index is 9.29. The van der Waals surface area contributed by atoms with Crippen molar-refractivity contribution in [2.24, 2.45) is 0 Å². The zero-order valence-electron chi connectivity index (χ0n) is 7.59. The first-order valence-corrected chi connectivity index (χ1v) is 4.16. The summed E-state index contributed by atoms with van der Waals surface area (Å²) in [5.74, 6) is 0. The molecule has 0 aliphatic carbocycles. The van der Waals surface area contributed by atoms with Crippen LogP contribution in [0.15, 0.2) is 0 Å². The third-order valence-electron chi connectivity index (χ3n) is 2.10. The van der Waals surface area contributed by atoms with Gasteiger partial charge in [0.25, 0.3) is 0 Å². The van der Waals surface area contributed by atoms with Gasteiger partial charge < -0.3 is 5.11 Å². The minimum atomic E-state index is -0.344. The number of hydrogen-bond acceptors (Lipinski definition) is 3. The highest BCUT2D eigenvalue weighted by Crippen LogP contribution is 2.14. The molecule has 1 aliphatic heterocycles. The molecule has 2 N–H and O–H groups in total. The zero-order chi connectivity index (χ0) is 8.48. The average molecular weight is 158 g/mol. The van der Waals surface area contributed by atoms with E-state index in [1.54, 1.807) is 0 Å². The Hall–Kier alpha value is -0.120. The molecule has 1 rings (SSSR count). The Labute approximate surface area is 68.4 Å².